The van der Waals surface area contributed by atoms with Gasteiger partial charge in [0.1, 0.15) is 11.9 Å². The minimum atomic E-state index is 0.229. The van der Waals surface area contributed by atoms with Crippen LogP contribution in [-0.2, 0) is 0 Å². The maximum absolute atomic E-state index is 5.74. The van der Waals surface area contributed by atoms with Crippen LogP contribution in [-0.4, -0.2) is 31.6 Å². The highest BCUT2D eigenvalue weighted by Gasteiger charge is 2.04. The van der Waals surface area contributed by atoms with Gasteiger partial charge < -0.3 is 9.64 Å². The molecule has 1 rings (SSSR count). The van der Waals surface area contributed by atoms with Crippen LogP contribution in [0.5, 0.6) is 5.75 Å². The van der Waals surface area contributed by atoms with Crippen molar-refractivity contribution in [2.45, 2.75) is 20.0 Å². The van der Waals surface area contributed by atoms with Crippen molar-refractivity contribution in [3.05, 3.63) is 29.8 Å². The molecule has 0 bridgehead atoms. The van der Waals surface area contributed by atoms with Gasteiger partial charge >= 0.3 is 0 Å². The van der Waals surface area contributed by atoms with Crippen LogP contribution in [0.1, 0.15) is 12.5 Å². The lowest BCUT2D eigenvalue weighted by molar-refractivity contribution is 0.177. The van der Waals surface area contributed by atoms with Crippen LogP contribution < -0.4 is 4.74 Å². The van der Waals surface area contributed by atoms with Gasteiger partial charge in [0, 0.05) is 6.54 Å². The fourth-order valence-corrected chi connectivity index (χ4v) is 1.40. The Morgan fingerprint density at radius 1 is 1.21 bits per heavy atom. The second-order valence-corrected chi connectivity index (χ2v) is 4.00. The zero-order chi connectivity index (χ0) is 10.6. The Bertz CT molecular complexity index is 266. The number of ether oxygens (including phenoxy) is 1. The van der Waals surface area contributed by atoms with Gasteiger partial charge in [-0.1, -0.05) is 17.7 Å². The maximum Gasteiger partial charge on any atom is 0.119 e. The van der Waals surface area contributed by atoms with Crippen molar-refractivity contribution in [2.75, 3.05) is 20.6 Å². The molecule has 1 atom stereocenters. The highest BCUT2D eigenvalue weighted by atomic mass is 16.5. The van der Waals surface area contributed by atoms with Gasteiger partial charge in [0.05, 0.1) is 0 Å². The summed E-state index contributed by atoms with van der Waals surface area (Å²) in [5, 5.41) is 0. The van der Waals surface area contributed by atoms with E-state index in [1.807, 2.05) is 12.1 Å². The molecule has 0 aliphatic rings. The lowest BCUT2D eigenvalue weighted by Crippen LogP contribution is -2.27. The number of likely N-dealkylation sites (N-methyl/N-ethyl adjacent to an activating group) is 1. The van der Waals surface area contributed by atoms with Crippen molar-refractivity contribution in [1.29, 1.82) is 0 Å². The lowest BCUT2D eigenvalue weighted by atomic mass is 10.2. The summed E-state index contributed by atoms with van der Waals surface area (Å²) >= 11 is 0. The average Bonchev–Trinajstić information content (AvgIpc) is 2.07. The molecule has 78 valence electrons. The minimum Gasteiger partial charge on any atom is -0.489 e. The molecule has 0 N–H and O–H groups in total. The van der Waals surface area contributed by atoms with E-state index < -0.39 is 0 Å². The first-order valence-corrected chi connectivity index (χ1v) is 4.96. The largest absolute Gasteiger partial charge is 0.489 e. The summed E-state index contributed by atoms with van der Waals surface area (Å²) in [4.78, 5) is 2.12. The summed E-state index contributed by atoms with van der Waals surface area (Å²) in [6, 6.07) is 8.17. The molecule has 0 radical (unpaired) electrons. The standard InChI is InChI=1S/C12H19NO/c1-10-5-7-12(8-6-10)14-11(2)9-13(3)4/h5-8,11H,9H2,1-4H3. The normalized spacial score (nSPS) is 12.9. The number of benzene rings is 1. The molecule has 0 heterocycles. The topological polar surface area (TPSA) is 12.5 Å². The monoisotopic (exact) mass is 193 g/mol. The first kappa shape index (κ1) is 11.1. The summed E-state index contributed by atoms with van der Waals surface area (Å²) in [6.45, 7) is 5.10. The molecule has 1 aromatic rings. The second-order valence-electron chi connectivity index (χ2n) is 4.00. The lowest BCUT2D eigenvalue weighted by Gasteiger charge is -2.18. The molecule has 0 aliphatic carbocycles. The third-order valence-electron chi connectivity index (χ3n) is 1.98. The number of nitrogens with zero attached hydrogens (tertiary/aromatic N) is 1. The van der Waals surface area contributed by atoms with Crippen LogP contribution >= 0.6 is 0 Å². The maximum atomic E-state index is 5.74. The fourth-order valence-electron chi connectivity index (χ4n) is 1.40. The van der Waals surface area contributed by atoms with Gasteiger partial charge in [0.2, 0.25) is 0 Å². The molecule has 1 unspecified atom stereocenters. The van der Waals surface area contributed by atoms with E-state index in [1.165, 1.54) is 5.56 Å². The van der Waals surface area contributed by atoms with E-state index in [9.17, 15) is 0 Å². The summed E-state index contributed by atoms with van der Waals surface area (Å²) in [5.74, 6) is 0.949. The number of rotatable bonds is 4. The summed E-state index contributed by atoms with van der Waals surface area (Å²) in [5.41, 5.74) is 1.26. The molecule has 0 amide bonds. The van der Waals surface area contributed by atoms with Crippen molar-refractivity contribution in [3.63, 3.8) is 0 Å². The van der Waals surface area contributed by atoms with E-state index in [0.29, 0.717) is 0 Å². The van der Waals surface area contributed by atoms with Gasteiger partial charge in [-0.25, -0.2) is 0 Å². The zero-order valence-electron chi connectivity index (χ0n) is 9.45. The van der Waals surface area contributed by atoms with Crippen molar-refractivity contribution in [3.8, 4) is 5.75 Å². The first-order chi connectivity index (χ1) is 6.58. The number of hydrogen-bond donors (Lipinski definition) is 0. The zero-order valence-corrected chi connectivity index (χ0v) is 9.45. The van der Waals surface area contributed by atoms with Crippen LogP contribution in [0.3, 0.4) is 0 Å². The van der Waals surface area contributed by atoms with Crippen LogP contribution in [0.4, 0.5) is 0 Å². The van der Waals surface area contributed by atoms with Gasteiger partial charge in [-0.05, 0) is 40.1 Å². The predicted molar refractivity (Wildman–Crippen MR) is 59.8 cm³/mol. The molecular formula is C12H19NO. The molecule has 1 aromatic carbocycles. The molecule has 2 nitrogen and oxygen atoms in total. The second kappa shape index (κ2) is 5.01. The van der Waals surface area contributed by atoms with E-state index in [4.69, 9.17) is 4.74 Å². The molecule has 0 fully saturated rings. The van der Waals surface area contributed by atoms with E-state index in [0.717, 1.165) is 12.3 Å². The Kier molecular flexibility index (Phi) is 3.96. The SMILES string of the molecule is Cc1ccc(OC(C)CN(C)C)cc1. The van der Waals surface area contributed by atoms with Gasteiger partial charge in [-0.3, -0.25) is 0 Å². The van der Waals surface area contributed by atoms with Crippen LogP contribution in [0.25, 0.3) is 0 Å². The molecule has 14 heavy (non-hydrogen) atoms. The quantitative estimate of drug-likeness (QED) is 0.727. The van der Waals surface area contributed by atoms with Gasteiger partial charge in [0.15, 0.2) is 0 Å². The van der Waals surface area contributed by atoms with Crippen LogP contribution in [0.15, 0.2) is 24.3 Å². The molecule has 0 aliphatic heterocycles. The molecule has 2 heteroatoms. The molecule has 0 spiro atoms. The summed E-state index contributed by atoms with van der Waals surface area (Å²) in [7, 11) is 4.10. The summed E-state index contributed by atoms with van der Waals surface area (Å²) < 4.78 is 5.74. The highest BCUT2D eigenvalue weighted by Crippen LogP contribution is 2.13. The molecular weight excluding hydrogens is 174 g/mol. The smallest absolute Gasteiger partial charge is 0.119 e. The van der Waals surface area contributed by atoms with Crippen molar-refractivity contribution < 1.29 is 4.74 Å². The van der Waals surface area contributed by atoms with Gasteiger partial charge in [-0.15, -0.1) is 0 Å². The minimum absolute atomic E-state index is 0.229. The van der Waals surface area contributed by atoms with Gasteiger partial charge in [0.25, 0.3) is 0 Å². The first-order valence-electron chi connectivity index (χ1n) is 4.96. The fraction of sp³-hybridized carbons (Fsp3) is 0.500. The Morgan fingerprint density at radius 2 is 1.79 bits per heavy atom. The molecule has 0 saturated carbocycles. The van der Waals surface area contributed by atoms with E-state index in [1.54, 1.807) is 0 Å². The molecule has 0 saturated heterocycles. The molecule has 0 aromatic heterocycles. The third-order valence-corrected chi connectivity index (χ3v) is 1.98. The highest BCUT2D eigenvalue weighted by molar-refractivity contribution is 5.26. The average molecular weight is 193 g/mol. The van der Waals surface area contributed by atoms with E-state index in [2.05, 4.69) is 45.0 Å². The Hall–Kier alpha value is -1.02. The van der Waals surface area contributed by atoms with Crippen LogP contribution in [0, 0.1) is 6.92 Å². The van der Waals surface area contributed by atoms with Crippen LogP contribution in [0.2, 0.25) is 0 Å². The van der Waals surface area contributed by atoms with E-state index in [-0.39, 0.29) is 6.10 Å². The number of aryl methyl sites for hydroxylation is 1. The third kappa shape index (κ3) is 3.79. The van der Waals surface area contributed by atoms with Crippen molar-refractivity contribution in [2.24, 2.45) is 0 Å². The predicted octanol–water partition coefficient (Wildman–Crippen LogP) is 2.32. The van der Waals surface area contributed by atoms with Crippen molar-refractivity contribution >= 4 is 0 Å². The Balaban J connectivity index is 2.47. The van der Waals surface area contributed by atoms with E-state index >= 15 is 0 Å². The Morgan fingerprint density at radius 3 is 2.29 bits per heavy atom. The number of hydrogen-bond acceptors (Lipinski definition) is 2. The van der Waals surface area contributed by atoms with Crippen molar-refractivity contribution in [1.82, 2.24) is 4.90 Å². The van der Waals surface area contributed by atoms with Gasteiger partial charge in [-0.2, -0.15) is 0 Å². The summed E-state index contributed by atoms with van der Waals surface area (Å²) in [6.07, 6.45) is 0.229. The Labute approximate surface area is 86.5 Å².